The van der Waals surface area contributed by atoms with Crippen LogP contribution in [-0.2, 0) is 13.6 Å². The number of amides is 1. The molecule has 0 radical (unpaired) electrons. The molecule has 0 N–H and O–H groups in total. The molecule has 1 fully saturated rings. The first-order valence-electron chi connectivity index (χ1n) is 8.37. The van der Waals surface area contributed by atoms with Crippen molar-refractivity contribution in [2.45, 2.75) is 32.4 Å². The van der Waals surface area contributed by atoms with Gasteiger partial charge in [0.2, 0.25) is 0 Å². The first-order chi connectivity index (χ1) is 11.9. The van der Waals surface area contributed by atoms with Crippen molar-refractivity contribution in [2.75, 3.05) is 7.11 Å². The summed E-state index contributed by atoms with van der Waals surface area (Å²) in [5.41, 5.74) is 1.57. The van der Waals surface area contributed by atoms with Crippen molar-refractivity contribution in [1.29, 1.82) is 0 Å². The van der Waals surface area contributed by atoms with E-state index in [0.29, 0.717) is 28.3 Å². The second-order valence-corrected chi connectivity index (χ2v) is 7.35. The van der Waals surface area contributed by atoms with Crippen LogP contribution in [-0.4, -0.2) is 28.5 Å². The summed E-state index contributed by atoms with van der Waals surface area (Å²) in [5.74, 6) is 1.32. The lowest BCUT2D eigenvalue weighted by Gasteiger charge is -2.30. The zero-order valence-electron chi connectivity index (χ0n) is 14.6. The monoisotopic (exact) mass is 380 g/mol. The van der Waals surface area contributed by atoms with Gasteiger partial charge in [0.25, 0.3) is 5.91 Å². The van der Waals surface area contributed by atoms with Gasteiger partial charge in [-0.2, -0.15) is 0 Å². The number of methoxy groups -OCH3 is 1. The van der Waals surface area contributed by atoms with E-state index < -0.39 is 0 Å². The average molecular weight is 381 g/mol. The highest BCUT2D eigenvalue weighted by Crippen LogP contribution is 2.37. The van der Waals surface area contributed by atoms with Gasteiger partial charge in [0.05, 0.1) is 12.1 Å². The van der Waals surface area contributed by atoms with Crippen molar-refractivity contribution >= 4 is 29.1 Å². The summed E-state index contributed by atoms with van der Waals surface area (Å²) in [4.78, 5) is 15.1. The van der Waals surface area contributed by atoms with Gasteiger partial charge in [-0.15, -0.1) is 0 Å². The molecule has 1 aliphatic carbocycles. The number of carbonyl (C=O) groups excluding carboxylic acids is 1. The van der Waals surface area contributed by atoms with E-state index in [-0.39, 0.29) is 11.9 Å². The van der Waals surface area contributed by atoms with E-state index in [9.17, 15) is 4.79 Å². The van der Waals surface area contributed by atoms with Crippen LogP contribution in [0.5, 0.6) is 5.75 Å². The number of ether oxygens (including phenoxy) is 1. The van der Waals surface area contributed by atoms with Crippen LogP contribution in [0.25, 0.3) is 0 Å². The maximum absolute atomic E-state index is 13.2. The summed E-state index contributed by atoms with van der Waals surface area (Å²) < 4.78 is 6.85. The maximum Gasteiger partial charge on any atom is 0.271 e. The van der Waals surface area contributed by atoms with Crippen LogP contribution >= 0.6 is 23.2 Å². The Labute approximate surface area is 158 Å². The Morgan fingerprint density at radius 2 is 1.96 bits per heavy atom. The second kappa shape index (κ2) is 7.30. The van der Waals surface area contributed by atoms with Gasteiger partial charge in [0.1, 0.15) is 16.6 Å². The van der Waals surface area contributed by atoms with E-state index in [2.05, 4.69) is 6.92 Å². The molecule has 1 aromatic heterocycles. The summed E-state index contributed by atoms with van der Waals surface area (Å²) >= 11 is 12.2. The Bertz CT molecular complexity index is 766. The van der Waals surface area contributed by atoms with E-state index in [1.54, 1.807) is 24.8 Å². The summed E-state index contributed by atoms with van der Waals surface area (Å²) in [6, 6.07) is 9.62. The van der Waals surface area contributed by atoms with Gasteiger partial charge in [0.15, 0.2) is 0 Å². The molecule has 0 bridgehead atoms. The summed E-state index contributed by atoms with van der Waals surface area (Å²) in [5, 5.41) is 0.782. The van der Waals surface area contributed by atoms with Gasteiger partial charge in [-0.3, -0.25) is 4.79 Å². The number of halogens is 2. The molecule has 0 aliphatic heterocycles. The Hall–Kier alpha value is -1.65. The highest BCUT2D eigenvalue weighted by atomic mass is 35.5. The summed E-state index contributed by atoms with van der Waals surface area (Å²) in [6.07, 6.45) is 2.34. The highest BCUT2D eigenvalue weighted by molar-refractivity contribution is 6.41. The molecule has 134 valence electrons. The van der Waals surface area contributed by atoms with Gasteiger partial charge < -0.3 is 14.2 Å². The molecule has 1 saturated carbocycles. The fraction of sp³-hybridized carbons (Fsp3) is 0.421. The van der Waals surface area contributed by atoms with Crippen molar-refractivity contribution < 1.29 is 9.53 Å². The molecule has 0 saturated heterocycles. The first kappa shape index (κ1) is 18.2. The lowest BCUT2D eigenvalue weighted by atomic mass is 10.1. The standard InChI is InChI=1S/C19H22Cl2N2O2/c1-12(14-6-7-14)23(11-13-4-8-15(25-3)9-5-13)19(24)17-10-16(20)18(21)22(17)2/h4-5,8-10,12,14H,6-7,11H2,1-3H3. The molecule has 2 aromatic rings. The third kappa shape index (κ3) is 3.80. The highest BCUT2D eigenvalue weighted by Gasteiger charge is 2.35. The third-order valence-corrected chi connectivity index (χ3v) is 5.75. The maximum atomic E-state index is 13.2. The predicted molar refractivity (Wildman–Crippen MR) is 100 cm³/mol. The van der Waals surface area contributed by atoms with E-state index >= 15 is 0 Å². The van der Waals surface area contributed by atoms with Crippen LogP contribution in [0.4, 0.5) is 0 Å². The van der Waals surface area contributed by atoms with Crippen molar-refractivity contribution in [3.05, 3.63) is 51.8 Å². The van der Waals surface area contributed by atoms with Crippen molar-refractivity contribution in [2.24, 2.45) is 13.0 Å². The van der Waals surface area contributed by atoms with Crippen LogP contribution < -0.4 is 4.74 Å². The SMILES string of the molecule is COc1ccc(CN(C(=O)c2cc(Cl)c(Cl)n2C)C(C)C2CC2)cc1. The Morgan fingerprint density at radius 3 is 2.44 bits per heavy atom. The summed E-state index contributed by atoms with van der Waals surface area (Å²) in [7, 11) is 3.40. The normalized spacial score (nSPS) is 15.1. The van der Waals surface area contributed by atoms with E-state index in [1.165, 1.54) is 12.8 Å². The van der Waals surface area contributed by atoms with Gasteiger partial charge >= 0.3 is 0 Å². The first-order valence-corrected chi connectivity index (χ1v) is 9.12. The van der Waals surface area contributed by atoms with Crippen molar-refractivity contribution in [1.82, 2.24) is 9.47 Å². The minimum Gasteiger partial charge on any atom is -0.497 e. The topological polar surface area (TPSA) is 34.5 Å². The van der Waals surface area contributed by atoms with Gasteiger partial charge in [-0.05, 0) is 49.4 Å². The number of aromatic nitrogens is 1. The number of benzene rings is 1. The smallest absolute Gasteiger partial charge is 0.271 e. The lowest BCUT2D eigenvalue weighted by molar-refractivity contribution is 0.0644. The fourth-order valence-corrected chi connectivity index (χ4v) is 3.43. The molecule has 4 nitrogen and oxygen atoms in total. The van der Waals surface area contributed by atoms with Gasteiger partial charge in [-0.25, -0.2) is 0 Å². The second-order valence-electron chi connectivity index (χ2n) is 6.59. The fourth-order valence-electron chi connectivity index (χ4n) is 3.06. The largest absolute Gasteiger partial charge is 0.497 e. The zero-order chi connectivity index (χ0) is 18.1. The molecule has 0 spiro atoms. The molecular formula is C19H22Cl2N2O2. The minimum atomic E-state index is -0.0495. The lowest BCUT2D eigenvalue weighted by Crippen LogP contribution is -2.40. The Balaban J connectivity index is 1.88. The van der Waals surface area contributed by atoms with Gasteiger partial charge in [-0.1, -0.05) is 35.3 Å². The number of nitrogens with zero attached hydrogens (tertiary/aromatic N) is 2. The quantitative estimate of drug-likeness (QED) is 0.722. The van der Waals surface area contributed by atoms with Crippen LogP contribution in [0, 0.1) is 5.92 Å². The average Bonchev–Trinajstić information content (AvgIpc) is 3.43. The summed E-state index contributed by atoms with van der Waals surface area (Å²) in [6.45, 7) is 2.66. The van der Waals surface area contributed by atoms with Crippen LogP contribution in [0.1, 0.15) is 35.8 Å². The molecule has 1 heterocycles. The van der Waals surface area contributed by atoms with E-state index in [0.717, 1.165) is 11.3 Å². The van der Waals surface area contributed by atoms with Gasteiger partial charge in [0, 0.05) is 19.6 Å². The molecule has 3 rings (SSSR count). The Kier molecular flexibility index (Phi) is 5.30. The molecule has 1 amide bonds. The number of carbonyl (C=O) groups is 1. The number of hydrogen-bond donors (Lipinski definition) is 0. The Morgan fingerprint density at radius 1 is 1.32 bits per heavy atom. The zero-order valence-corrected chi connectivity index (χ0v) is 16.1. The molecule has 25 heavy (non-hydrogen) atoms. The molecule has 1 aromatic carbocycles. The number of rotatable bonds is 6. The van der Waals surface area contributed by atoms with E-state index in [1.807, 2.05) is 29.2 Å². The minimum absolute atomic E-state index is 0.0495. The molecule has 1 aliphatic rings. The van der Waals surface area contributed by atoms with Crippen LogP contribution in [0.3, 0.4) is 0 Å². The van der Waals surface area contributed by atoms with Crippen LogP contribution in [0.2, 0.25) is 10.2 Å². The molecule has 1 unspecified atom stereocenters. The number of hydrogen-bond acceptors (Lipinski definition) is 2. The van der Waals surface area contributed by atoms with E-state index in [4.69, 9.17) is 27.9 Å². The predicted octanol–water partition coefficient (Wildman–Crippen LogP) is 4.78. The molecular weight excluding hydrogens is 359 g/mol. The molecule has 6 heteroatoms. The molecule has 1 atom stereocenters. The van der Waals surface area contributed by atoms with Crippen molar-refractivity contribution in [3.8, 4) is 5.75 Å². The van der Waals surface area contributed by atoms with Crippen LogP contribution in [0.15, 0.2) is 30.3 Å². The van der Waals surface area contributed by atoms with Crippen molar-refractivity contribution in [3.63, 3.8) is 0 Å². The third-order valence-electron chi connectivity index (χ3n) is 4.90.